The summed E-state index contributed by atoms with van der Waals surface area (Å²) in [6.07, 6.45) is -4.43. The zero-order valence-electron chi connectivity index (χ0n) is 14.1. The number of anilines is 1. The maximum Gasteiger partial charge on any atom is 0.416 e. The van der Waals surface area contributed by atoms with Gasteiger partial charge in [0, 0.05) is 11.3 Å². The molecule has 0 saturated heterocycles. The summed E-state index contributed by atoms with van der Waals surface area (Å²) in [6.45, 7) is 0. The number of halogens is 4. The molecule has 1 heterocycles. The standard InChI is InChI=1S/C17H13ClF3N5OS/c18-13-4-2-1-3-12(13)15-24-25-16(26(15)22)28-9-14(27)23-11-7-5-10(6-8-11)17(19,20)21/h1-8H,9,22H2,(H,23,27). The van der Waals surface area contributed by atoms with Gasteiger partial charge in [-0.2, -0.15) is 13.2 Å². The largest absolute Gasteiger partial charge is 0.416 e. The molecule has 2 aromatic carbocycles. The van der Waals surface area contributed by atoms with Crippen LogP contribution >= 0.6 is 23.4 Å². The summed E-state index contributed by atoms with van der Waals surface area (Å²) >= 11 is 7.15. The second-order valence-electron chi connectivity index (χ2n) is 5.57. The average Bonchev–Trinajstić information content (AvgIpc) is 3.00. The van der Waals surface area contributed by atoms with Gasteiger partial charge in [-0.25, -0.2) is 4.68 Å². The maximum atomic E-state index is 12.6. The Bertz CT molecular complexity index is 991. The number of nitrogens with one attached hydrogen (secondary N) is 1. The molecular weight excluding hydrogens is 415 g/mol. The van der Waals surface area contributed by atoms with Crippen LogP contribution in [0.1, 0.15) is 5.56 Å². The van der Waals surface area contributed by atoms with E-state index >= 15 is 0 Å². The number of thioether (sulfide) groups is 1. The fourth-order valence-corrected chi connectivity index (χ4v) is 3.15. The van der Waals surface area contributed by atoms with Gasteiger partial charge < -0.3 is 11.2 Å². The molecule has 28 heavy (non-hydrogen) atoms. The molecule has 0 bridgehead atoms. The Hall–Kier alpha value is -2.72. The van der Waals surface area contributed by atoms with Crippen molar-refractivity contribution in [3.05, 3.63) is 59.1 Å². The Balaban J connectivity index is 1.62. The topological polar surface area (TPSA) is 85.8 Å². The zero-order chi connectivity index (χ0) is 20.3. The van der Waals surface area contributed by atoms with Gasteiger partial charge in [-0.1, -0.05) is 35.5 Å². The van der Waals surface area contributed by atoms with E-state index in [4.69, 9.17) is 17.4 Å². The van der Waals surface area contributed by atoms with Crippen LogP contribution in [0.2, 0.25) is 5.02 Å². The summed E-state index contributed by atoms with van der Waals surface area (Å²) in [5, 5.41) is 11.2. The monoisotopic (exact) mass is 427 g/mol. The molecule has 3 N–H and O–H groups in total. The normalized spacial score (nSPS) is 11.4. The Morgan fingerprint density at radius 2 is 1.82 bits per heavy atom. The van der Waals surface area contributed by atoms with Gasteiger partial charge in [0.1, 0.15) is 0 Å². The van der Waals surface area contributed by atoms with Gasteiger partial charge in [-0.3, -0.25) is 4.79 Å². The van der Waals surface area contributed by atoms with Crippen LogP contribution in [-0.2, 0) is 11.0 Å². The van der Waals surface area contributed by atoms with E-state index in [-0.39, 0.29) is 16.6 Å². The zero-order valence-corrected chi connectivity index (χ0v) is 15.6. The Morgan fingerprint density at radius 3 is 2.46 bits per heavy atom. The summed E-state index contributed by atoms with van der Waals surface area (Å²) in [5.41, 5.74) is 0.0630. The second kappa shape index (κ2) is 8.11. The highest BCUT2D eigenvalue weighted by Gasteiger charge is 2.30. The van der Waals surface area contributed by atoms with Crippen molar-refractivity contribution in [2.24, 2.45) is 0 Å². The van der Waals surface area contributed by atoms with Crippen LogP contribution in [0.15, 0.2) is 53.7 Å². The number of aromatic nitrogens is 3. The van der Waals surface area contributed by atoms with Crippen LogP contribution in [0.5, 0.6) is 0 Å². The third-order valence-corrected chi connectivity index (χ3v) is 4.88. The lowest BCUT2D eigenvalue weighted by Crippen LogP contribution is -2.16. The minimum Gasteiger partial charge on any atom is -0.335 e. The molecule has 0 aliphatic rings. The fraction of sp³-hybridized carbons (Fsp3) is 0.118. The van der Waals surface area contributed by atoms with E-state index in [0.717, 1.165) is 23.9 Å². The highest BCUT2D eigenvalue weighted by Crippen LogP contribution is 2.30. The lowest BCUT2D eigenvalue weighted by Gasteiger charge is -2.09. The molecule has 0 atom stereocenters. The summed E-state index contributed by atoms with van der Waals surface area (Å²) in [5.74, 6) is 5.84. The number of rotatable bonds is 5. The number of nitrogens with two attached hydrogens (primary N) is 1. The number of nitrogens with zero attached hydrogens (tertiary/aromatic N) is 3. The Labute approximate surface area is 166 Å². The SMILES string of the molecule is Nn1c(SCC(=O)Nc2ccc(C(F)(F)F)cc2)nnc1-c1ccccc1Cl. The first-order valence-electron chi connectivity index (χ1n) is 7.81. The number of hydrogen-bond acceptors (Lipinski definition) is 5. The van der Waals surface area contributed by atoms with Crippen LogP contribution in [0.25, 0.3) is 11.4 Å². The minimum absolute atomic E-state index is 0.0567. The second-order valence-corrected chi connectivity index (χ2v) is 6.92. The molecule has 146 valence electrons. The lowest BCUT2D eigenvalue weighted by atomic mass is 10.2. The first-order chi connectivity index (χ1) is 13.3. The van der Waals surface area contributed by atoms with E-state index in [1.165, 1.54) is 16.8 Å². The average molecular weight is 428 g/mol. The molecule has 0 spiro atoms. The number of carbonyl (C=O) groups excluding carboxylic acids is 1. The lowest BCUT2D eigenvalue weighted by molar-refractivity contribution is -0.137. The van der Waals surface area contributed by atoms with E-state index in [9.17, 15) is 18.0 Å². The van der Waals surface area contributed by atoms with Crippen molar-refractivity contribution in [1.29, 1.82) is 0 Å². The molecule has 0 fully saturated rings. The number of alkyl halides is 3. The summed E-state index contributed by atoms with van der Waals surface area (Å²) in [6, 6.07) is 11.1. The van der Waals surface area contributed by atoms with Crippen molar-refractivity contribution < 1.29 is 18.0 Å². The molecule has 1 amide bonds. The summed E-state index contributed by atoms with van der Waals surface area (Å²) < 4.78 is 38.9. The van der Waals surface area contributed by atoms with Gasteiger partial charge in [-0.05, 0) is 36.4 Å². The van der Waals surface area contributed by atoms with Gasteiger partial charge in [-0.15, -0.1) is 10.2 Å². The quantitative estimate of drug-likeness (QED) is 0.473. The van der Waals surface area contributed by atoms with Crippen LogP contribution < -0.4 is 11.2 Å². The number of carbonyl (C=O) groups is 1. The number of amides is 1. The number of benzene rings is 2. The third-order valence-electron chi connectivity index (χ3n) is 3.61. The summed E-state index contributed by atoms with van der Waals surface area (Å²) in [4.78, 5) is 12.0. The molecule has 0 unspecified atom stereocenters. The van der Waals surface area contributed by atoms with Gasteiger partial charge >= 0.3 is 6.18 Å². The van der Waals surface area contributed by atoms with Gasteiger partial charge in [0.15, 0.2) is 5.82 Å². The molecule has 3 aromatic rings. The van der Waals surface area contributed by atoms with Crippen LogP contribution in [0, 0.1) is 0 Å². The minimum atomic E-state index is -4.43. The van der Waals surface area contributed by atoms with E-state index in [2.05, 4.69) is 15.5 Å². The molecule has 11 heteroatoms. The van der Waals surface area contributed by atoms with Crippen molar-refractivity contribution in [2.45, 2.75) is 11.3 Å². The van der Waals surface area contributed by atoms with Crippen LogP contribution in [0.4, 0.5) is 18.9 Å². The van der Waals surface area contributed by atoms with Crippen molar-refractivity contribution in [2.75, 3.05) is 16.9 Å². The third kappa shape index (κ3) is 4.57. The number of nitrogen functional groups attached to an aromatic ring is 1. The smallest absolute Gasteiger partial charge is 0.335 e. The van der Waals surface area contributed by atoms with Crippen molar-refractivity contribution in [3.63, 3.8) is 0 Å². The Kier molecular flexibility index (Phi) is 5.80. The fourth-order valence-electron chi connectivity index (χ4n) is 2.27. The van der Waals surface area contributed by atoms with Crippen molar-refractivity contribution >= 4 is 35.0 Å². The molecule has 0 radical (unpaired) electrons. The highest BCUT2D eigenvalue weighted by atomic mass is 35.5. The van der Waals surface area contributed by atoms with Crippen LogP contribution in [-0.4, -0.2) is 26.5 Å². The van der Waals surface area contributed by atoms with Crippen LogP contribution in [0.3, 0.4) is 0 Å². The van der Waals surface area contributed by atoms with Crippen molar-refractivity contribution in [3.8, 4) is 11.4 Å². The van der Waals surface area contributed by atoms with E-state index in [1.54, 1.807) is 24.3 Å². The molecular formula is C17H13ClF3N5OS. The molecule has 0 aliphatic carbocycles. The Morgan fingerprint density at radius 1 is 1.14 bits per heavy atom. The first-order valence-corrected chi connectivity index (χ1v) is 9.17. The van der Waals surface area contributed by atoms with E-state index in [1.807, 2.05) is 0 Å². The van der Waals surface area contributed by atoms with Gasteiger partial charge in [0.05, 0.1) is 16.3 Å². The predicted octanol–water partition coefficient (Wildman–Crippen LogP) is 4.06. The molecule has 3 rings (SSSR count). The van der Waals surface area contributed by atoms with Gasteiger partial charge in [0.2, 0.25) is 11.1 Å². The highest BCUT2D eigenvalue weighted by molar-refractivity contribution is 7.99. The molecule has 0 aliphatic heterocycles. The molecule has 0 saturated carbocycles. The predicted molar refractivity (Wildman–Crippen MR) is 101 cm³/mol. The maximum absolute atomic E-state index is 12.6. The van der Waals surface area contributed by atoms with Gasteiger partial charge in [0.25, 0.3) is 0 Å². The van der Waals surface area contributed by atoms with Crippen molar-refractivity contribution in [1.82, 2.24) is 14.9 Å². The summed E-state index contributed by atoms with van der Waals surface area (Å²) in [7, 11) is 0. The van der Waals surface area contributed by atoms with E-state index in [0.29, 0.717) is 16.4 Å². The number of hydrogen-bond donors (Lipinski definition) is 2. The molecule has 1 aromatic heterocycles. The first kappa shape index (κ1) is 20.0. The molecule has 6 nitrogen and oxygen atoms in total. The van der Waals surface area contributed by atoms with E-state index < -0.39 is 17.6 Å².